The number of fused-ring (bicyclic) bond motifs is 1. The fourth-order valence-corrected chi connectivity index (χ4v) is 5.61. The molecule has 3 heterocycles. The SMILES string of the molecule is Cc1noc(C)c1S(=O)(=O)N1CCC[C@H](C(=O)Nc2ccc3ncn(C)c3c2)C1. The van der Waals surface area contributed by atoms with Gasteiger partial charge in [-0.1, -0.05) is 5.16 Å². The molecular weight excluding hydrogens is 394 g/mol. The van der Waals surface area contributed by atoms with Gasteiger partial charge in [-0.15, -0.1) is 0 Å². The van der Waals surface area contributed by atoms with Crippen LogP contribution in [0.4, 0.5) is 5.69 Å². The maximum Gasteiger partial charge on any atom is 0.248 e. The molecule has 10 heteroatoms. The van der Waals surface area contributed by atoms with Crippen LogP contribution in [0.15, 0.2) is 33.9 Å². The van der Waals surface area contributed by atoms with Crippen molar-refractivity contribution in [2.24, 2.45) is 13.0 Å². The predicted molar refractivity (Wildman–Crippen MR) is 107 cm³/mol. The van der Waals surface area contributed by atoms with Crippen molar-refractivity contribution < 1.29 is 17.7 Å². The number of aryl methyl sites for hydroxylation is 3. The lowest BCUT2D eigenvalue weighted by atomic mass is 9.98. The average molecular weight is 417 g/mol. The van der Waals surface area contributed by atoms with Crippen LogP contribution in [0.2, 0.25) is 0 Å². The molecule has 1 fully saturated rings. The van der Waals surface area contributed by atoms with Crippen molar-refractivity contribution >= 4 is 32.7 Å². The topological polar surface area (TPSA) is 110 Å². The summed E-state index contributed by atoms with van der Waals surface area (Å²) in [6.45, 7) is 3.69. The quantitative estimate of drug-likeness (QED) is 0.697. The Morgan fingerprint density at radius 2 is 2.10 bits per heavy atom. The molecular formula is C19H23N5O4S. The van der Waals surface area contributed by atoms with Crippen LogP contribution < -0.4 is 5.32 Å². The van der Waals surface area contributed by atoms with E-state index in [1.807, 2.05) is 23.7 Å². The van der Waals surface area contributed by atoms with Gasteiger partial charge < -0.3 is 14.4 Å². The number of hydrogen-bond donors (Lipinski definition) is 1. The third-order valence-electron chi connectivity index (χ3n) is 5.31. The number of carbonyl (C=O) groups excluding carboxylic acids is 1. The Morgan fingerprint density at radius 3 is 2.83 bits per heavy atom. The number of nitrogens with one attached hydrogen (secondary N) is 1. The first-order chi connectivity index (χ1) is 13.8. The summed E-state index contributed by atoms with van der Waals surface area (Å²) >= 11 is 0. The summed E-state index contributed by atoms with van der Waals surface area (Å²) in [5.41, 5.74) is 2.75. The Hall–Kier alpha value is -2.72. The third kappa shape index (κ3) is 3.53. The second kappa shape index (κ2) is 7.27. The molecule has 0 aliphatic carbocycles. The number of imidazole rings is 1. The first kappa shape index (κ1) is 19.6. The molecule has 0 saturated carbocycles. The number of benzene rings is 1. The first-order valence-corrected chi connectivity index (χ1v) is 10.9. The molecule has 0 unspecified atom stereocenters. The molecule has 1 amide bonds. The summed E-state index contributed by atoms with van der Waals surface area (Å²) in [6.07, 6.45) is 2.96. The van der Waals surface area contributed by atoms with Crippen LogP contribution in [0.3, 0.4) is 0 Å². The molecule has 2 aromatic heterocycles. The van der Waals surface area contributed by atoms with E-state index in [0.29, 0.717) is 30.8 Å². The van der Waals surface area contributed by atoms with Gasteiger partial charge in [0, 0.05) is 25.8 Å². The minimum atomic E-state index is -3.76. The van der Waals surface area contributed by atoms with Gasteiger partial charge in [0.05, 0.1) is 23.3 Å². The standard InChI is InChI=1S/C19H23N5O4S/c1-12-18(13(2)28-22-12)29(26,27)24-8-4-5-14(10-24)19(25)21-15-6-7-16-17(9-15)23(3)11-20-16/h6-7,9,11,14H,4-5,8,10H2,1-3H3,(H,21,25)/t14-/m0/s1. The van der Waals surface area contributed by atoms with Crippen LogP contribution in [-0.4, -0.2) is 46.4 Å². The number of amides is 1. The Morgan fingerprint density at radius 1 is 1.31 bits per heavy atom. The summed E-state index contributed by atoms with van der Waals surface area (Å²) in [6, 6.07) is 5.51. The summed E-state index contributed by atoms with van der Waals surface area (Å²) in [5, 5.41) is 6.67. The normalized spacial score (nSPS) is 18.2. The molecule has 1 aliphatic heterocycles. The molecule has 0 spiro atoms. The molecule has 1 aromatic carbocycles. The van der Waals surface area contributed by atoms with Crippen molar-refractivity contribution in [2.45, 2.75) is 31.6 Å². The van der Waals surface area contributed by atoms with E-state index in [2.05, 4.69) is 15.5 Å². The molecule has 3 aromatic rings. The molecule has 154 valence electrons. The maximum absolute atomic E-state index is 13.1. The van der Waals surface area contributed by atoms with E-state index in [0.717, 1.165) is 11.0 Å². The van der Waals surface area contributed by atoms with Gasteiger partial charge in [-0.05, 0) is 44.9 Å². The molecule has 1 atom stereocenters. The van der Waals surface area contributed by atoms with Crippen LogP contribution in [0, 0.1) is 19.8 Å². The highest BCUT2D eigenvalue weighted by Crippen LogP contribution is 2.28. The Kier molecular flexibility index (Phi) is 4.91. The lowest BCUT2D eigenvalue weighted by molar-refractivity contribution is -0.120. The zero-order valence-electron chi connectivity index (χ0n) is 16.5. The molecule has 29 heavy (non-hydrogen) atoms. The largest absolute Gasteiger partial charge is 0.360 e. The van der Waals surface area contributed by atoms with E-state index in [-0.39, 0.29) is 23.1 Å². The van der Waals surface area contributed by atoms with Crippen LogP contribution in [-0.2, 0) is 21.9 Å². The molecule has 0 radical (unpaired) electrons. The Bertz CT molecular complexity index is 1160. The first-order valence-electron chi connectivity index (χ1n) is 9.42. The number of carbonyl (C=O) groups is 1. The van der Waals surface area contributed by atoms with Crippen molar-refractivity contribution in [2.75, 3.05) is 18.4 Å². The van der Waals surface area contributed by atoms with Crippen molar-refractivity contribution in [3.8, 4) is 0 Å². The molecule has 4 rings (SSSR count). The zero-order chi connectivity index (χ0) is 20.8. The summed E-state index contributed by atoms with van der Waals surface area (Å²) in [4.78, 5) is 17.2. The van der Waals surface area contributed by atoms with Crippen molar-refractivity contribution in [3.05, 3.63) is 36.0 Å². The number of rotatable bonds is 4. The summed E-state index contributed by atoms with van der Waals surface area (Å²) < 4.78 is 34.4. The zero-order valence-corrected chi connectivity index (χ0v) is 17.4. The second-order valence-electron chi connectivity index (χ2n) is 7.40. The van der Waals surface area contributed by atoms with E-state index in [4.69, 9.17) is 4.52 Å². The summed E-state index contributed by atoms with van der Waals surface area (Å²) in [5.74, 6) is -0.357. The van der Waals surface area contributed by atoms with Crippen LogP contribution >= 0.6 is 0 Å². The highest BCUT2D eigenvalue weighted by atomic mass is 32.2. The molecule has 1 saturated heterocycles. The average Bonchev–Trinajstić information content (AvgIpc) is 3.24. The van der Waals surface area contributed by atoms with Gasteiger partial charge in [-0.25, -0.2) is 13.4 Å². The highest BCUT2D eigenvalue weighted by molar-refractivity contribution is 7.89. The van der Waals surface area contributed by atoms with Crippen LogP contribution in [0.1, 0.15) is 24.3 Å². The summed E-state index contributed by atoms with van der Waals surface area (Å²) in [7, 11) is -1.87. The van der Waals surface area contributed by atoms with Crippen LogP contribution in [0.5, 0.6) is 0 Å². The number of nitrogens with zero attached hydrogens (tertiary/aromatic N) is 4. The maximum atomic E-state index is 13.1. The number of anilines is 1. The van der Waals surface area contributed by atoms with Crippen molar-refractivity contribution in [1.29, 1.82) is 0 Å². The number of piperidine rings is 1. The van der Waals surface area contributed by atoms with Gasteiger partial charge in [0.25, 0.3) is 0 Å². The lowest BCUT2D eigenvalue weighted by Gasteiger charge is -2.31. The van der Waals surface area contributed by atoms with Gasteiger partial charge in [0.1, 0.15) is 10.6 Å². The molecule has 1 aliphatic rings. The van der Waals surface area contributed by atoms with Gasteiger partial charge >= 0.3 is 0 Å². The molecule has 0 bridgehead atoms. The van der Waals surface area contributed by atoms with E-state index in [1.54, 1.807) is 26.2 Å². The van der Waals surface area contributed by atoms with Gasteiger partial charge in [-0.3, -0.25) is 4.79 Å². The highest BCUT2D eigenvalue weighted by Gasteiger charge is 2.36. The van der Waals surface area contributed by atoms with Gasteiger partial charge in [-0.2, -0.15) is 4.31 Å². The van der Waals surface area contributed by atoms with E-state index in [9.17, 15) is 13.2 Å². The minimum absolute atomic E-state index is 0.0974. The van der Waals surface area contributed by atoms with Gasteiger partial charge in [0.2, 0.25) is 15.9 Å². The molecule has 1 N–H and O–H groups in total. The number of aromatic nitrogens is 3. The van der Waals surface area contributed by atoms with Crippen molar-refractivity contribution in [3.63, 3.8) is 0 Å². The van der Waals surface area contributed by atoms with E-state index >= 15 is 0 Å². The minimum Gasteiger partial charge on any atom is -0.360 e. The van der Waals surface area contributed by atoms with Crippen molar-refractivity contribution in [1.82, 2.24) is 19.0 Å². The Labute approximate surface area is 168 Å². The monoisotopic (exact) mass is 417 g/mol. The lowest BCUT2D eigenvalue weighted by Crippen LogP contribution is -2.43. The predicted octanol–water partition coefficient (Wildman–Crippen LogP) is 2.22. The van der Waals surface area contributed by atoms with E-state index in [1.165, 1.54) is 4.31 Å². The van der Waals surface area contributed by atoms with Gasteiger partial charge in [0.15, 0.2) is 5.76 Å². The van der Waals surface area contributed by atoms with Crippen LogP contribution in [0.25, 0.3) is 11.0 Å². The Balaban J connectivity index is 1.51. The molecule has 9 nitrogen and oxygen atoms in total. The fourth-order valence-electron chi connectivity index (χ4n) is 3.79. The number of sulfonamides is 1. The fraction of sp³-hybridized carbons (Fsp3) is 0.421. The smallest absolute Gasteiger partial charge is 0.248 e. The van der Waals surface area contributed by atoms with E-state index < -0.39 is 15.9 Å². The number of hydrogen-bond acceptors (Lipinski definition) is 6. The third-order valence-corrected chi connectivity index (χ3v) is 7.42. The second-order valence-corrected chi connectivity index (χ2v) is 9.28.